The number of thioether (sulfide) groups is 1. The van der Waals surface area contributed by atoms with Gasteiger partial charge in [-0.05, 0) is 34.6 Å². The summed E-state index contributed by atoms with van der Waals surface area (Å²) in [5, 5.41) is 0. The Balaban J connectivity index is 2.68. The molecule has 92 valence electrons. The molecule has 0 saturated carbocycles. The lowest BCUT2D eigenvalue weighted by Crippen LogP contribution is -2.42. The van der Waals surface area contributed by atoms with E-state index in [0.29, 0.717) is 17.8 Å². The molecule has 0 aromatic carbocycles. The molecule has 0 atom stereocenters. The molecule has 16 heavy (non-hydrogen) atoms. The van der Waals surface area contributed by atoms with E-state index in [1.165, 1.54) is 0 Å². The van der Waals surface area contributed by atoms with E-state index in [9.17, 15) is 4.79 Å². The molecular formula is C12H22N2OS. The topological polar surface area (TPSA) is 23.6 Å². The Morgan fingerprint density at radius 3 is 1.94 bits per heavy atom. The first-order valence-electron chi connectivity index (χ1n) is 5.77. The highest BCUT2D eigenvalue weighted by atomic mass is 32.2. The number of rotatable bonds is 5. The lowest BCUT2D eigenvalue weighted by atomic mass is 10.3. The van der Waals surface area contributed by atoms with Crippen LogP contribution in [0, 0.1) is 0 Å². The van der Waals surface area contributed by atoms with Crippen molar-refractivity contribution in [2.75, 3.05) is 5.75 Å². The Morgan fingerprint density at radius 2 is 1.62 bits per heavy atom. The van der Waals surface area contributed by atoms with Crippen LogP contribution in [-0.4, -0.2) is 38.9 Å². The number of carbonyl (C=O) groups is 1. The van der Waals surface area contributed by atoms with E-state index in [1.54, 1.807) is 18.7 Å². The van der Waals surface area contributed by atoms with Gasteiger partial charge in [0.1, 0.15) is 5.78 Å². The minimum atomic E-state index is 0.240. The molecule has 0 spiro atoms. The van der Waals surface area contributed by atoms with Crippen LogP contribution in [0.2, 0.25) is 0 Å². The van der Waals surface area contributed by atoms with Gasteiger partial charge in [0, 0.05) is 24.5 Å². The van der Waals surface area contributed by atoms with Gasteiger partial charge in [-0.15, -0.1) is 11.8 Å². The van der Waals surface area contributed by atoms with E-state index in [0.717, 1.165) is 0 Å². The third-order valence-corrected chi connectivity index (χ3v) is 3.91. The zero-order valence-corrected chi connectivity index (χ0v) is 11.6. The second-order valence-corrected chi connectivity index (χ2v) is 5.76. The summed E-state index contributed by atoms with van der Waals surface area (Å²) in [6.07, 6.45) is 4.25. The zero-order chi connectivity index (χ0) is 12.3. The molecule has 3 nitrogen and oxygen atoms in total. The lowest BCUT2D eigenvalue weighted by Gasteiger charge is -2.36. The van der Waals surface area contributed by atoms with Crippen molar-refractivity contribution in [1.29, 1.82) is 0 Å². The van der Waals surface area contributed by atoms with Crippen LogP contribution in [0.15, 0.2) is 12.4 Å². The van der Waals surface area contributed by atoms with Crippen LogP contribution < -0.4 is 0 Å². The minimum absolute atomic E-state index is 0.240. The maximum atomic E-state index is 11.1. The van der Waals surface area contributed by atoms with Crippen LogP contribution in [0.1, 0.15) is 34.6 Å². The Morgan fingerprint density at radius 1 is 1.19 bits per heavy atom. The van der Waals surface area contributed by atoms with Gasteiger partial charge < -0.3 is 9.80 Å². The molecule has 0 bridgehead atoms. The van der Waals surface area contributed by atoms with Gasteiger partial charge in [-0.1, -0.05) is 0 Å². The van der Waals surface area contributed by atoms with Crippen LogP contribution in [0.3, 0.4) is 0 Å². The van der Waals surface area contributed by atoms with Crippen molar-refractivity contribution >= 4 is 17.5 Å². The second-order valence-electron chi connectivity index (χ2n) is 4.72. The van der Waals surface area contributed by atoms with Crippen molar-refractivity contribution in [2.45, 2.75) is 52.2 Å². The first kappa shape index (κ1) is 13.4. The summed E-state index contributed by atoms with van der Waals surface area (Å²) in [6, 6.07) is 0.925. The predicted molar refractivity (Wildman–Crippen MR) is 70.0 cm³/mol. The summed E-state index contributed by atoms with van der Waals surface area (Å²) in [7, 11) is 0. The molecule has 0 aromatic rings. The van der Waals surface area contributed by atoms with Gasteiger partial charge >= 0.3 is 0 Å². The van der Waals surface area contributed by atoms with E-state index in [2.05, 4.69) is 49.9 Å². The van der Waals surface area contributed by atoms with E-state index >= 15 is 0 Å². The van der Waals surface area contributed by atoms with Crippen molar-refractivity contribution in [2.24, 2.45) is 0 Å². The number of hydrogen-bond acceptors (Lipinski definition) is 4. The summed E-state index contributed by atoms with van der Waals surface area (Å²) >= 11 is 1.70. The Labute approximate surface area is 103 Å². The third kappa shape index (κ3) is 3.17. The largest absolute Gasteiger partial charge is 0.345 e. The first-order valence-corrected chi connectivity index (χ1v) is 6.82. The van der Waals surface area contributed by atoms with Crippen molar-refractivity contribution in [1.82, 2.24) is 9.80 Å². The third-order valence-electron chi connectivity index (χ3n) is 2.55. The van der Waals surface area contributed by atoms with Crippen molar-refractivity contribution in [3.63, 3.8) is 0 Å². The van der Waals surface area contributed by atoms with Gasteiger partial charge in [-0.3, -0.25) is 4.79 Å². The minimum Gasteiger partial charge on any atom is -0.345 e. The van der Waals surface area contributed by atoms with Crippen LogP contribution >= 0.6 is 11.8 Å². The molecule has 0 unspecified atom stereocenters. The van der Waals surface area contributed by atoms with Gasteiger partial charge in [-0.2, -0.15) is 0 Å². The van der Waals surface area contributed by atoms with Crippen LogP contribution in [0.25, 0.3) is 0 Å². The van der Waals surface area contributed by atoms with Crippen LogP contribution in [-0.2, 0) is 4.79 Å². The average Bonchev–Trinajstić information content (AvgIpc) is 2.57. The number of hydrogen-bond donors (Lipinski definition) is 0. The van der Waals surface area contributed by atoms with Crippen molar-refractivity contribution in [3.05, 3.63) is 12.4 Å². The number of carbonyl (C=O) groups excluding carboxylic acids is 1. The number of nitrogens with zero attached hydrogens (tertiary/aromatic N) is 2. The molecule has 0 radical (unpaired) electrons. The highest BCUT2D eigenvalue weighted by molar-refractivity contribution is 8.00. The van der Waals surface area contributed by atoms with Gasteiger partial charge in [0.2, 0.25) is 0 Å². The summed E-state index contributed by atoms with van der Waals surface area (Å²) in [5.74, 6) is 0.822. The average molecular weight is 242 g/mol. The molecule has 1 aliphatic rings. The summed E-state index contributed by atoms with van der Waals surface area (Å²) in [6.45, 7) is 10.4. The second kappa shape index (κ2) is 5.62. The SMILES string of the molecule is CC(=O)CSC1N(C(C)C)C=CN1C(C)C. The lowest BCUT2D eigenvalue weighted by molar-refractivity contribution is -0.114. The van der Waals surface area contributed by atoms with E-state index in [4.69, 9.17) is 0 Å². The molecule has 0 aliphatic carbocycles. The van der Waals surface area contributed by atoms with E-state index in [1.807, 2.05) is 0 Å². The maximum Gasteiger partial charge on any atom is 0.150 e. The Bertz CT molecular complexity index is 258. The smallest absolute Gasteiger partial charge is 0.150 e. The standard InChI is InChI=1S/C12H22N2OS/c1-9(2)13-6-7-14(10(3)4)12(13)16-8-11(5)15/h6-7,9-10,12H,8H2,1-5H3. The molecule has 4 heteroatoms. The molecule has 1 rings (SSSR count). The molecular weight excluding hydrogens is 220 g/mol. The fraction of sp³-hybridized carbons (Fsp3) is 0.750. The highest BCUT2D eigenvalue weighted by Crippen LogP contribution is 2.29. The monoisotopic (exact) mass is 242 g/mol. The summed E-state index contributed by atoms with van der Waals surface area (Å²) in [5.41, 5.74) is 0.267. The number of Topliss-reactive ketones (excluding diaryl/α,β-unsaturated/α-hetero) is 1. The van der Waals surface area contributed by atoms with Gasteiger partial charge in [-0.25, -0.2) is 0 Å². The molecule has 0 saturated heterocycles. The normalized spacial score (nSPS) is 16.9. The Hall–Kier alpha value is -0.640. The molecule has 0 N–H and O–H groups in total. The fourth-order valence-electron chi connectivity index (χ4n) is 1.67. The predicted octanol–water partition coefficient (Wildman–Crippen LogP) is 2.50. The molecule has 1 aliphatic heterocycles. The first-order chi connectivity index (χ1) is 7.43. The van der Waals surface area contributed by atoms with Gasteiger partial charge in [0.25, 0.3) is 0 Å². The van der Waals surface area contributed by atoms with Gasteiger partial charge in [0.15, 0.2) is 5.50 Å². The summed E-state index contributed by atoms with van der Waals surface area (Å²) in [4.78, 5) is 15.7. The zero-order valence-electron chi connectivity index (χ0n) is 10.8. The summed E-state index contributed by atoms with van der Waals surface area (Å²) < 4.78 is 0. The molecule has 0 fully saturated rings. The van der Waals surface area contributed by atoms with Gasteiger partial charge in [0.05, 0.1) is 5.75 Å². The van der Waals surface area contributed by atoms with Crippen molar-refractivity contribution in [3.8, 4) is 0 Å². The fourth-order valence-corrected chi connectivity index (χ4v) is 3.03. The molecule has 0 aromatic heterocycles. The quantitative estimate of drug-likeness (QED) is 0.739. The van der Waals surface area contributed by atoms with Crippen molar-refractivity contribution < 1.29 is 4.79 Å². The maximum absolute atomic E-state index is 11.1. The van der Waals surface area contributed by atoms with E-state index in [-0.39, 0.29) is 11.3 Å². The molecule has 0 amide bonds. The van der Waals surface area contributed by atoms with E-state index < -0.39 is 0 Å². The molecule has 1 heterocycles. The highest BCUT2D eigenvalue weighted by Gasteiger charge is 2.29. The number of ketones is 1. The Kier molecular flexibility index (Phi) is 4.71. The van der Waals surface area contributed by atoms with Crippen LogP contribution in [0.5, 0.6) is 0 Å². The van der Waals surface area contributed by atoms with Crippen LogP contribution in [0.4, 0.5) is 0 Å².